The fourth-order valence-corrected chi connectivity index (χ4v) is 6.77. The van der Waals surface area contributed by atoms with Crippen molar-refractivity contribution in [2.24, 2.45) is 11.3 Å². The maximum Gasteiger partial charge on any atom is 0.293 e. The van der Waals surface area contributed by atoms with E-state index in [2.05, 4.69) is 15.1 Å². The van der Waals surface area contributed by atoms with Gasteiger partial charge in [-0.25, -0.2) is 4.52 Å². The van der Waals surface area contributed by atoms with Crippen molar-refractivity contribution in [3.63, 3.8) is 0 Å². The van der Waals surface area contributed by atoms with E-state index >= 15 is 0 Å². The molecule has 1 N–H and O–H groups in total. The molecule has 6 heterocycles. The van der Waals surface area contributed by atoms with Gasteiger partial charge in [-0.15, -0.1) is 5.10 Å². The quantitative estimate of drug-likeness (QED) is 0.601. The normalized spacial score (nSPS) is 30.2. The number of amides is 2. The Morgan fingerprint density at radius 2 is 1.94 bits per heavy atom. The maximum atomic E-state index is 13.4. The van der Waals surface area contributed by atoms with E-state index in [4.69, 9.17) is 4.74 Å². The number of aromatic amines is 1. The number of likely N-dealkylation sites (tertiary alicyclic amines) is 2. The first kappa shape index (κ1) is 21.0. The number of para-hydroxylation sites is 2. The molecule has 0 radical (unpaired) electrons. The smallest absolute Gasteiger partial charge is 0.293 e. The molecule has 1 spiro atoms. The van der Waals surface area contributed by atoms with Gasteiger partial charge in [-0.05, 0) is 50.7 Å². The molecule has 2 bridgehead atoms. The van der Waals surface area contributed by atoms with Gasteiger partial charge in [-0.3, -0.25) is 14.4 Å². The summed E-state index contributed by atoms with van der Waals surface area (Å²) in [6.07, 6.45) is 6.04. The predicted octanol–water partition coefficient (Wildman–Crippen LogP) is 1.59. The highest BCUT2D eigenvalue weighted by atomic mass is 16.5. The van der Waals surface area contributed by atoms with Gasteiger partial charge in [0.05, 0.1) is 29.2 Å². The van der Waals surface area contributed by atoms with Crippen molar-refractivity contribution in [2.75, 3.05) is 26.2 Å². The molecule has 3 aromatic rings. The largest absolute Gasteiger partial charge is 0.374 e. The number of aromatic nitrogens is 4. The number of hydrogen-bond acceptors (Lipinski definition) is 6. The second kappa shape index (κ2) is 7.61. The van der Waals surface area contributed by atoms with E-state index in [-0.39, 0.29) is 52.4 Å². The summed E-state index contributed by atoms with van der Waals surface area (Å²) < 4.78 is 7.37. The third kappa shape index (κ3) is 3.30. The summed E-state index contributed by atoms with van der Waals surface area (Å²) in [4.78, 5) is 50.1. The molecule has 4 atom stereocenters. The molecule has 4 aliphatic heterocycles. The lowest BCUT2D eigenvalue weighted by Gasteiger charge is -2.40. The lowest BCUT2D eigenvalue weighted by molar-refractivity contribution is -0.136. The highest BCUT2D eigenvalue weighted by Gasteiger charge is 2.49. The number of H-pyrrole nitrogens is 1. The monoisotopic (exact) mass is 476 g/mol. The number of rotatable bonds is 2. The van der Waals surface area contributed by atoms with Gasteiger partial charge in [0, 0.05) is 31.6 Å². The molecule has 182 valence electrons. The molecule has 0 unspecified atom stereocenters. The minimum atomic E-state index is -0.375. The van der Waals surface area contributed by atoms with Crippen LogP contribution in [0.3, 0.4) is 0 Å². The van der Waals surface area contributed by atoms with Crippen molar-refractivity contribution in [3.05, 3.63) is 40.4 Å². The Labute approximate surface area is 201 Å². The predicted molar refractivity (Wildman–Crippen MR) is 126 cm³/mol. The second-order valence-electron chi connectivity index (χ2n) is 10.7. The van der Waals surface area contributed by atoms with Crippen LogP contribution in [0.4, 0.5) is 0 Å². The van der Waals surface area contributed by atoms with Crippen LogP contribution in [0.2, 0.25) is 0 Å². The molecule has 7 rings (SSSR count). The summed E-state index contributed by atoms with van der Waals surface area (Å²) in [6, 6.07) is 7.32. The van der Waals surface area contributed by atoms with Crippen LogP contribution in [0.5, 0.6) is 0 Å². The number of carbonyl (C=O) groups excluding carboxylic acids is 2. The van der Waals surface area contributed by atoms with E-state index in [0.29, 0.717) is 30.7 Å². The van der Waals surface area contributed by atoms with Gasteiger partial charge in [0.2, 0.25) is 17.4 Å². The molecule has 0 saturated carbocycles. The van der Waals surface area contributed by atoms with Crippen LogP contribution in [0.1, 0.15) is 49.1 Å². The Bertz CT molecular complexity index is 1410. The molecule has 10 nitrogen and oxygen atoms in total. The molecule has 0 aliphatic carbocycles. The molecule has 2 aromatic heterocycles. The van der Waals surface area contributed by atoms with Gasteiger partial charge in [-0.2, -0.15) is 4.98 Å². The first-order chi connectivity index (χ1) is 17.0. The number of nitrogens with one attached hydrogen (secondary N) is 1. The van der Waals surface area contributed by atoms with E-state index in [9.17, 15) is 14.4 Å². The summed E-state index contributed by atoms with van der Waals surface area (Å²) >= 11 is 0. The van der Waals surface area contributed by atoms with Crippen LogP contribution in [-0.2, 0) is 9.53 Å². The molecule has 2 amide bonds. The standard InChI is InChI=1S/C25H28N6O4/c32-22-21-27-20(28-31(21)18-5-2-1-4-17(18)26-22)24(34)29-10-3-8-25(13-29)9-11-30(14-25)23(33)16-12-15-6-7-19(16)35-15/h1-2,4-5,15-16,19H,3,6-14H2,(H,26,32)/t15-,16-,19+,25-/m0/s1. The Hall–Kier alpha value is -3.27. The van der Waals surface area contributed by atoms with E-state index in [1.54, 1.807) is 6.07 Å². The number of nitrogens with zero attached hydrogens (tertiary/aromatic N) is 5. The number of carbonyl (C=O) groups is 2. The maximum absolute atomic E-state index is 13.4. The fourth-order valence-electron chi connectivity index (χ4n) is 6.77. The summed E-state index contributed by atoms with van der Waals surface area (Å²) in [7, 11) is 0. The highest BCUT2D eigenvalue weighted by Crippen LogP contribution is 2.43. The van der Waals surface area contributed by atoms with Gasteiger partial charge < -0.3 is 19.5 Å². The highest BCUT2D eigenvalue weighted by molar-refractivity contribution is 5.91. The summed E-state index contributed by atoms with van der Waals surface area (Å²) in [5.74, 6) is 0.00227. The van der Waals surface area contributed by atoms with Crippen molar-refractivity contribution < 1.29 is 14.3 Å². The SMILES string of the molecule is O=C(c1nc2c(=O)[nH]c3ccccc3n2n1)N1CCC[C@]2(CCN(C(=O)[C@H]3C[C@@H]4CC[C@H]3O4)C2)C1. The number of hydrogen-bond donors (Lipinski definition) is 1. The van der Waals surface area contributed by atoms with Gasteiger partial charge >= 0.3 is 0 Å². The summed E-state index contributed by atoms with van der Waals surface area (Å²) in [5.41, 5.74) is 0.982. The lowest BCUT2D eigenvalue weighted by Crippen LogP contribution is -2.48. The van der Waals surface area contributed by atoms with Crippen molar-refractivity contribution in [1.82, 2.24) is 29.4 Å². The minimum Gasteiger partial charge on any atom is -0.374 e. The molecule has 1 aromatic carbocycles. The molecule has 4 aliphatic rings. The first-order valence-corrected chi connectivity index (χ1v) is 12.6. The molecule has 10 heteroatoms. The Balaban J connectivity index is 1.11. The van der Waals surface area contributed by atoms with Crippen LogP contribution in [0.15, 0.2) is 29.1 Å². The van der Waals surface area contributed by atoms with Gasteiger partial charge in [0.1, 0.15) is 0 Å². The number of fused-ring (bicyclic) bond motifs is 5. The number of piperidine rings is 1. The van der Waals surface area contributed by atoms with E-state index in [0.717, 1.165) is 45.1 Å². The average Bonchev–Trinajstić information content (AvgIpc) is 3.67. The fraction of sp³-hybridized carbons (Fsp3) is 0.560. The Kier molecular flexibility index (Phi) is 4.58. The average molecular weight is 477 g/mol. The van der Waals surface area contributed by atoms with E-state index < -0.39 is 0 Å². The molecule has 4 fully saturated rings. The van der Waals surface area contributed by atoms with E-state index in [1.165, 1.54) is 4.52 Å². The Morgan fingerprint density at radius 1 is 1.09 bits per heavy atom. The Morgan fingerprint density at radius 3 is 2.77 bits per heavy atom. The molecule has 35 heavy (non-hydrogen) atoms. The zero-order chi connectivity index (χ0) is 23.7. The van der Waals surface area contributed by atoms with Crippen LogP contribution in [0.25, 0.3) is 16.7 Å². The van der Waals surface area contributed by atoms with Crippen molar-refractivity contribution in [2.45, 2.75) is 50.7 Å². The van der Waals surface area contributed by atoms with Crippen molar-refractivity contribution in [3.8, 4) is 0 Å². The molecular weight excluding hydrogens is 448 g/mol. The first-order valence-electron chi connectivity index (χ1n) is 12.6. The van der Waals surface area contributed by atoms with Crippen molar-refractivity contribution >= 4 is 28.5 Å². The minimum absolute atomic E-state index is 0.000290. The second-order valence-corrected chi connectivity index (χ2v) is 10.7. The summed E-state index contributed by atoms with van der Waals surface area (Å²) in [6.45, 7) is 2.63. The van der Waals surface area contributed by atoms with E-state index in [1.807, 2.05) is 28.0 Å². The third-order valence-corrected chi connectivity index (χ3v) is 8.50. The van der Waals surface area contributed by atoms with Crippen molar-refractivity contribution in [1.29, 1.82) is 0 Å². The van der Waals surface area contributed by atoms with Crippen LogP contribution in [-0.4, -0.2) is 79.6 Å². The zero-order valence-corrected chi connectivity index (χ0v) is 19.5. The third-order valence-electron chi connectivity index (χ3n) is 8.50. The number of ether oxygens (including phenoxy) is 1. The lowest BCUT2D eigenvalue weighted by atomic mass is 9.79. The zero-order valence-electron chi connectivity index (χ0n) is 19.5. The van der Waals surface area contributed by atoms with Crippen LogP contribution in [0, 0.1) is 11.3 Å². The van der Waals surface area contributed by atoms with Gasteiger partial charge in [-0.1, -0.05) is 12.1 Å². The van der Waals surface area contributed by atoms with Crippen LogP contribution < -0.4 is 5.56 Å². The van der Waals surface area contributed by atoms with Crippen LogP contribution >= 0.6 is 0 Å². The van der Waals surface area contributed by atoms with Gasteiger partial charge in [0.25, 0.3) is 11.5 Å². The topological polar surface area (TPSA) is 113 Å². The van der Waals surface area contributed by atoms with Gasteiger partial charge in [0.15, 0.2) is 0 Å². The molecule has 4 saturated heterocycles. The summed E-state index contributed by atoms with van der Waals surface area (Å²) in [5, 5.41) is 4.43. The number of benzene rings is 1. The molecular formula is C25H28N6O4.